The summed E-state index contributed by atoms with van der Waals surface area (Å²) < 4.78 is 5.66. The van der Waals surface area contributed by atoms with Crippen LogP contribution in [0.25, 0.3) is 0 Å². The van der Waals surface area contributed by atoms with Crippen molar-refractivity contribution in [3.05, 3.63) is 27.7 Å². The van der Waals surface area contributed by atoms with Gasteiger partial charge >= 0.3 is 6.01 Å². The summed E-state index contributed by atoms with van der Waals surface area (Å²) in [5.74, 6) is 5.74. The first-order valence-electron chi connectivity index (χ1n) is 5.11. The Labute approximate surface area is 122 Å². The first-order valence-corrected chi connectivity index (χ1v) is 6.29. The maximum Gasteiger partial charge on any atom is 0.322 e. The van der Waals surface area contributed by atoms with Crippen molar-refractivity contribution in [2.24, 2.45) is 5.84 Å². The lowest BCUT2D eigenvalue weighted by atomic mass is 10.3. The number of nitrogens with two attached hydrogens (primary N) is 1. The first-order chi connectivity index (χ1) is 9.13. The molecule has 0 saturated carbocycles. The van der Waals surface area contributed by atoms with Crippen LogP contribution in [0.15, 0.2) is 22.7 Å². The predicted octanol–water partition coefficient (Wildman–Crippen LogP) is 2.33. The van der Waals surface area contributed by atoms with Crippen molar-refractivity contribution in [3.63, 3.8) is 0 Å². The van der Waals surface area contributed by atoms with Gasteiger partial charge in [0.1, 0.15) is 0 Å². The highest BCUT2D eigenvalue weighted by molar-refractivity contribution is 9.10. The molecule has 0 saturated heterocycles. The molecule has 2 rings (SSSR count). The molecule has 0 aliphatic rings. The van der Waals surface area contributed by atoms with Crippen LogP contribution in [0.1, 0.15) is 0 Å². The minimum Gasteiger partial charge on any atom is -0.467 e. The molecule has 0 bridgehead atoms. The van der Waals surface area contributed by atoms with E-state index in [1.165, 1.54) is 7.11 Å². The third-order valence-corrected chi connectivity index (χ3v) is 3.52. The molecule has 0 atom stereocenters. The molecule has 4 N–H and O–H groups in total. The van der Waals surface area contributed by atoms with Gasteiger partial charge in [0.2, 0.25) is 11.9 Å². The molecule has 0 spiro atoms. The van der Waals surface area contributed by atoms with Crippen LogP contribution >= 0.6 is 27.5 Å². The Bertz CT molecular complexity index is 574. The van der Waals surface area contributed by atoms with E-state index in [9.17, 15) is 0 Å². The van der Waals surface area contributed by atoms with Crippen LogP contribution in [0, 0.1) is 0 Å². The van der Waals surface area contributed by atoms with Gasteiger partial charge in [0.25, 0.3) is 0 Å². The van der Waals surface area contributed by atoms with E-state index < -0.39 is 0 Å². The average Bonchev–Trinajstić information content (AvgIpc) is 2.43. The Kier molecular flexibility index (Phi) is 4.35. The lowest BCUT2D eigenvalue weighted by molar-refractivity contribution is 0.379. The number of halogens is 2. The summed E-state index contributed by atoms with van der Waals surface area (Å²) in [7, 11) is 1.45. The number of benzene rings is 1. The van der Waals surface area contributed by atoms with Crippen molar-refractivity contribution in [1.82, 2.24) is 15.0 Å². The average molecular weight is 346 g/mol. The van der Waals surface area contributed by atoms with Crippen molar-refractivity contribution < 1.29 is 4.74 Å². The Morgan fingerprint density at radius 3 is 2.68 bits per heavy atom. The van der Waals surface area contributed by atoms with E-state index >= 15 is 0 Å². The van der Waals surface area contributed by atoms with Gasteiger partial charge in [-0.25, -0.2) is 5.84 Å². The third kappa shape index (κ3) is 3.22. The largest absolute Gasteiger partial charge is 0.467 e. The van der Waals surface area contributed by atoms with Crippen LogP contribution in [0.2, 0.25) is 5.02 Å². The summed E-state index contributed by atoms with van der Waals surface area (Å²) in [5, 5.41) is 3.57. The minimum absolute atomic E-state index is 0.142. The van der Waals surface area contributed by atoms with Gasteiger partial charge < -0.3 is 10.1 Å². The van der Waals surface area contributed by atoms with Gasteiger partial charge in [-0.2, -0.15) is 15.0 Å². The monoisotopic (exact) mass is 344 g/mol. The molecule has 100 valence electrons. The van der Waals surface area contributed by atoms with Gasteiger partial charge in [0.05, 0.1) is 22.3 Å². The summed E-state index contributed by atoms with van der Waals surface area (Å²) in [4.78, 5) is 12.0. The number of hydrogen-bond acceptors (Lipinski definition) is 7. The number of hydrogen-bond donors (Lipinski definition) is 3. The number of hydrazine groups is 1. The summed E-state index contributed by atoms with van der Waals surface area (Å²) in [6.07, 6.45) is 0. The van der Waals surface area contributed by atoms with E-state index in [4.69, 9.17) is 22.2 Å². The zero-order chi connectivity index (χ0) is 13.8. The number of aromatic nitrogens is 3. The molecule has 0 aliphatic carbocycles. The van der Waals surface area contributed by atoms with E-state index in [2.05, 4.69) is 41.6 Å². The minimum atomic E-state index is 0.142. The molecule has 7 nitrogen and oxygen atoms in total. The summed E-state index contributed by atoms with van der Waals surface area (Å²) in [6.45, 7) is 0. The molecular weight excluding hydrogens is 336 g/mol. The molecule has 19 heavy (non-hydrogen) atoms. The number of nitrogens with one attached hydrogen (secondary N) is 2. The van der Waals surface area contributed by atoms with Gasteiger partial charge in [-0.15, -0.1) is 0 Å². The molecule has 1 heterocycles. The number of rotatable bonds is 4. The quantitative estimate of drug-likeness (QED) is 0.578. The van der Waals surface area contributed by atoms with E-state index in [1.807, 2.05) is 6.07 Å². The number of nitrogens with zero attached hydrogens (tertiary/aromatic N) is 3. The van der Waals surface area contributed by atoms with E-state index in [1.54, 1.807) is 12.1 Å². The molecule has 2 aromatic rings. The summed E-state index contributed by atoms with van der Waals surface area (Å²) in [6, 6.07) is 5.53. The third-order valence-electron chi connectivity index (χ3n) is 2.12. The molecule has 0 unspecified atom stereocenters. The van der Waals surface area contributed by atoms with Crippen LogP contribution in [0.4, 0.5) is 17.6 Å². The van der Waals surface area contributed by atoms with Gasteiger partial charge in [-0.05, 0) is 28.1 Å². The number of methoxy groups -OCH3 is 1. The highest BCUT2D eigenvalue weighted by Crippen LogP contribution is 2.31. The van der Waals surface area contributed by atoms with E-state index in [-0.39, 0.29) is 17.9 Å². The second-order valence-corrected chi connectivity index (χ2v) is 4.54. The molecule has 1 aromatic carbocycles. The van der Waals surface area contributed by atoms with Crippen LogP contribution in [0.3, 0.4) is 0 Å². The summed E-state index contributed by atoms with van der Waals surface area (Å²) in [5.41, 5.74) is 3.05. The molecule has 0 aliphatic heterocycles. The Morgan fingerprint density at radius 1 is 1.26 bits per heavy atom. The molecule has 0 radical (unpaired) electrons. The van der Waals surface area contributed by atoms with Crippen molar-refractivity contribution in [1.29, 1.82) is 0 Å². The van der Waals surface area contributed by atoms with Crippen molar-refractivity contribution in [3.8, 4) is 6.01 Å². The van der Waals surface area contributed by atoms with E-state index in [0.717, 1.165) is 0 Å². The van der Waals surface area contributed by atoms with Crippen LogP contribution < -0.4 is 21.3 Å². The first kappa shape index (κ1) is 13.8. The molecule has 9 heteroatoms. The van der Waals surface area contributed by atoms with Gasteiger partial charge in [0.15, 0.2) is 0 Å². The van der Waals surface area contributed by atoms with Crippen LogP contribution in [-0.2, 0) is 0 Å². The SMILES string of the molecule is COc1nc(NN)nc(Nc2cccc(Cl)c2Br)n1. The van der Waals surface area contributed by atoms with Gasteiger partial charge in [0, 0.05) is 0 Å². The zero-order valence-electron chi connectivity index (χ0n) is 9.82. The lowest BCUT2D eigenvalue weighted by Gasteiger charge is -2.09. The molecular formula is C10H10BrClN6O. The predicted molar refractivity (Wildman–Crippen MR) is 76.6 cm³/mol. The number of ether oxygens (including phenoxy) is 1. The molecule has 0 fully saturated rings. The topological polar surface area (TPSA) is 98.0 Å². The maximum absolute atomic E-state index is 6.00. The smallest absolute Gasteiger partial charge is 0.322 e. The van der Waals surface area contributed by atoms with Crippen molar-refractivity contribution in [2.45, 2.75) is 0 Å². The number of anilines is 3. The summed E-state index contributed by atoms with van der Waals surface area (Å²) >= 11 is 9.37. The second-order valence-electron chi connectivity index (χ2n) is 3.34. The Hall–Kier alpha value is -1.64. The maximum atomic E-state index is 6.00. The fraction of sp³-hybridized carbons (Fsp3) is 0.100. The van der Waals surface area contributed by atoms with Crippen LogP contribution in [0.5, 0.6) is 6.01 Å². The normalized spacial score (nSPS) is 10.1. The number of nitrogen functional groups attached to an aromatic ring is 1. The van der Waals surface area contributed by atoms with Gasteiger partial charge in [-0.3, -0.25) is 5.43 Å². The van der Waals surface area contributed by atoms with E-state index in [0.29, 0.717) is 15.2 Å². The zero-order valence-corrected chi connectivity index (χ0v) is 12.2. The van der Waals surface area contributed by atoms with Crippen LogP contribution in [-0.4, -0.2) is 22.1 Å². The Morgan fingerprint density at radius 2 is 2.00 bits per heavy atom. The lowest BCUT2D eigenvalue weighted by Crippen LogP contribution is -2.13. The molecule has 1 aromatic heterocycles. The Balaban J connectivity index is 2.34. The fourth-order valence-electron chi connectivity index (χ4n) is 1.29. The second kappa shape index (κ2) is 6.00. The van der Waals surface area contributed by atoms with Gasteiger partial charge in [-0.1, -0.05) is 17.7 Å². The fourth-order valence-corrected chi connectivity index (χ4v) is 1.83. The highest BCUT2D eigenvalue weighted by Gasteiger charge is 2.09. The standard InChI is InChI=1S/C10H10BrClN6O/c1-19-10-16-8(15-9(17-10)18-13)14-6-4-2-3-5(12)7(6)11/h2-4H,13H2,1H3,(H2,14,15,16,17,18). The molecule has 0 amide bonds. The van der Waals surface area contributed by atoms with Crippen molar-refractivity contribution >= 4 is 45.1 Å². The van der Waals surface area contributed by atoms with Crippen molar-refractivity contribution in [2.75, 3.05) is 17.9 Å². The highest BCUT2D eigenvalue weighted by atomic mass is 79.9.